The summed E-state index contributed by atoms with van der Waals surface area (Å²) in [5, 5.41) is 7.79. The summed E-state index contributed by atoms with van der Waals surface area (Å²) in [7, 11) is 0. The van der Waals surface area contributed by atoms with Crippen molar-refractivity contribution >= 4 is 34.8 Å². The van der Waals surface area contributed by atoms with E-state index in [1.54, 1.807) is 24.3 Å². The van der Waals surface area contributed by atoms with E-state index in [0.717, 1.165) is 40.1 Å². The number of furan rings is 1. The second-order valence-corrected chi connectivity index (χ2v) is 8.36. The van der Waals surface area contributed by atoms with Gasteiger partial charge in [0.05, 0.1) is 5.71 Å². The third kappa shape index (κ3) is 4.32. The van der Waals surface area contributed by atoms with Crippen molar-refractivity contribution in [3.63, 3.8) is 0 Å². The van der Waals surface area contributed by atoms with Crippen LogP contribution in [0.25, 0.3) is 0 Å². The Labute approximate surface area is 191 Å². The van der Waals surface area contributed by atoms with Crippen molar-refractivity contribution in [2.24, 2.45) is 5.10 Å². The van der Waals surface area contributed by atoms with E-state index in [4.69, 9.17) is 16.0 Å². The zero-order valence-electron chi connectivity index (χ0n) is 18.2. The summed E-state index contributed by atoms with van der Waals surface area (Å²) in [5.74, 6) is 0.344. The summed E-state index contributed by atoms with van der Waals surface area (Å²) in [6.45, 7) is 5.82. The molecule has 164 valence electrons. The van der Waals surface area contributed by atoms with Gasteiger partial charge in [-0.15, -0.1) is 0 Å². The number of benzene rings is 2. The van der Waals surface area contributed by atoms with E-state index >= 15 is 0 Å². The molecule has 0 fully saturated rings. The van der Waals surface area contributed by atoms with Crippen LogP contribution >= 0.6 is 11.6 Å². The van der Waals surface area contributed by atoms with Gasteiger partial charge in [-0.05, 0) is 69.0 Å². The van der Waals surface area contributed by atoms with Crippen molar-refractivity contribution < 1.29 is 14.0 Å². The summed E-state index contributed by atoms with van der Waals surface area (Å²) in [5.41, 5.74) is 8.12. The van der Waals surface area contributed by atoms with Crippen LogP contribution in [0.3, 0.4) is 0 Å². The quantitative estimate of drug-likeness (QED) is 0.510. The Morgan fingerprint density at radius 2 is 1.78 bits per heavy atom. The van der Waals surface area contributed by atoms with E-state index < -0.39 is 0 Å². The first kappa shape index (κ1) is 21.8. The Morgan fingerprint density at radius 3 is 2.56 bits per heavy atom. The van der Waals surface area contributed by atoms with Crippen molar-refractivity contribution in [3.8, 4) is 0 Å². The average Bonchev–Trinajstić information content (AvgIpc) is 3.12. The minimum atomic E-state index is -0.346. The highest BCUT2D eigenvalue weighted by Gasteiger charge is 2.28. The van der Waals surface area contributed by atoms with Crippen LogP contribution in [-0.2, 0) is 6.42 Å². The lowest BCUT2D eigenvalue weighted by Gasteiger charge is -2.13. The molecule has 0 radical (unpaired) electrons. The van der Waals surface area contributed by atoms with Crippen LogP contribution in [-0.4, -0.2) is 17.5 Å². The van der Waals surface area contributed by atoms with Gasteiger partial charge in [0.15, 0.2) is 5.76 Å². The number of amides is 2. The van der Waals surface area contributed by atoms with Crippen LogP contribution in [0.2, 0.25) is 5.02 Å². The van der Waals surface area contributed by atoms with Gasteiger partial charge in [0.1, 0.15) is 5.76 Å². The van der Waals surface area contributed by atoms with Gasteiger partial charge in [0, 0.05) is 33.8 Å². The summed E-state index contributed by atoms with van der Waals surface area (Å²) < 4.78 is 5.96. The first-order valence-electron chi connectivity index (χ1n) is 10.5. The fraction of sp³-hybridized carbons (Fsp3) is 0.240. The number of hydrogen-bond donors (Lipinski definition) is 2. The van der Waals surface area contributed by atoms with Crippen molar-refractivity contribution in [1.29, 1.82) is 0 Å². The largest absolute Gasteiger partial charge is 0.455 e. The minimum absolute atomic E-state index is 0.270. The lowest BCUT2D eigenvalue weighted by atomic mass is 9.93. The lowest BCUT2D eigenvalue weighted by Crippen LogP contribution is -2.22. The molecule has 7 heteroatoms. The summed E-state index contributed by atoms with van der Waals surface area (Å²) >= 11 is 5.97. The van der Waals surface area contributed by atoms with E-state index in [1.165, 1.54) is 0 Å². The Kier molecular flexibility index (Phi) is 6.15. The Hall–Kier alpha value is -3.38. The topological polar surface area (TPSA) is 83.7 Å². The van der Waals surface area contributed by atoms with Crippen LogP contribution in [0, 0.1) is 20.8 Å². The Balaban J connectivity index is 1.58. The maximum atomic E-state index is 13.0. The second kappa shape index (κ2) is 9.01. The molecule has 2 amide bonds. The number of anilines is 1. The van der Waals surface area contributed by atoms with Crippen molar-refractivity contribution in [2.75, 3.05) is 5.32 Å². The van der Waals surface area contributed by atoms with E-state index in [9.17, 15) is 9.59 Å². The van der Waals surface area contributed by atoms with Gasteiger partial charge >= 0.3 is 0 Å². The maximum Gasteiger partial charge on any atom is 0.291 e. The third-order valence-corrected chi connectivity index (χ3v) is 6.00. The van der Waals surface area contributed by atoms with Gasteiger partial charge in [0.2, 0.25) is 0 Å². The van der Waals surface area contributed by atoms with Crippen LogP contribution in [0.4, 0.5) is 5.69 Å². The smallest absolute Gasteiger partial charge is 0.291 e. The van der Waals surface area contributed by atoms with Crippen LogP contribution in [0.15, 0.2) is 52.0 Å². The molecule has 0 bridgehead atoms. The summed E-state index contributed by atoms with van der Waals surface area (Å²) in [4.78, 5) is 25.4. The van der Waals surface area contributed by atoms with Crippen molar-refractivity contribution in [2.45, 2.75) is 40.0 Å². The molecule has 2 N–H and O–H groups in total. The van der Waals surface area contributed by atoms with Gasteiger partial charge in [-0.1, -0.05) is 29.8 Å². The molecule has 1 aliphatic carbocycles. The molecule has 0 spiro atoms. The van der Waals surface area contributed by atoms with Gasteiger partial charge in [0.25, 0.3) is 11.8 Å². The summed E-state index contributed by atoms with van der Waals surface area (Å²) in [6, 6.07) is 12.5. The number of nitrogens with one attached hydrogen (secondary N) is 2. The van der Waals surface area contributed by atoms with Crippen molar-refractivity contribution in [1.82, 2.24) is 5.43 Å². The number of carbonyl (C=O) groups excluding carboxylic acids is 2. The highest BCUT2D eigenvalue weighted by Crippen LogP contribution is 2.30. The minimum Gasteiger partial charge on any atom is -0.455 e. The number of nitrogens with zero attached hydrogens (tertiary/aromatic N) is 1. The molecule has 2 aromatic carbocycles. The van der Waals surface area contributed by atoms with Crippen LogP contribution < -0.4 is 10.7 Å². The number of halogens is 1. The fourth-order valence-corrected chi connectivity index (χ4v) is 4.07. The predicted octanol–water partition coefficient (Wildman–Crippen LogP) is 5.58. The molecule has 6 nitrogen and oxygen atoms in total. The number of carbonyl (C=O) groups is 2. The zero-order valence-corrected chi connectivity index (χ0v) is 19.0. The van der Waals surface area contributed by atoms with Crippen LogP contribution in [0.5, 0.6) is 0 Å². The molecule has 0 saturated heterocycles. The molecule has 3 aromatic rings. The number of hydrogen-bond acceptors (Lipinski definition) is 4. The van der Waals surface area contributed by atoms with Gasteiger partial charge in [-0.25, -0.2) is 5.43 Å². The van der Waals surface area contributed by atoms with Gasteiger partial charge in [-0.3, -0.25) is 9.59 Å². The second-order valence-electron chi connectivity index (χ2n) is 7.92. The van der Waals surface area contributed by atoms with Gasteiger partial charge in [-0.2, -0.15) is 5.10 Å². The van der Waals surface area contributed by atoms with E-state index in [1.807, 2.05) is 39.0 Å². The first-order valence-corrected chi connectivity index (χ1v) is 10.9. The number of fused-ring (bicyclic) bond motifs is 1. The van der Waals surface area contributed by atoms with Gasteiger partial charge < -0.3 is 9.73 Å². The van der Waals surface area contributed by atoms with Crippen molar-refractivity contribution in [3.05, 3.63) is 86.8 Å². The fourth-order valence-electron chi connectivity index (χ4n) is 3.87. The first-order chi connectivity index (χ1) is 15.3. The molecule has 4 rings (SSSR count). The molecule has 1 aromatic heterocycles. The van der Waals surface area contributed by atoms with E-state index in [-0.39, 0.29) is 17.6 Å². The molecule has 32 heavy (non-hydrogen) atoms. The maximum absolute atomic E-state index is 13.0. The van der Waals surface area contributed by atoms with E-state index in [2.05, 4.69) is 15.8 Å². The highest BCUT2D eigenvalue weighted by atomic mass is 35.5. The monoisotopic (exact) mass is 449 g/mol. The average molecular weight is 450 g/mol. The highest BCUT2D eigenvalue weighted by molar-refractivity contribution is 6.31. The van der Waals surface area contributed by atoms with E-state index in [0.29, 0.717) is 29.1 Å². The standard InChI is InChI=1S/C25H24ClN3O3/c1-14-7-4-10-19(15(14)2)27-25(31)23-16(3)22-20(11-6-12-21(22)32-23)28-29-24(30)17-8-5-9-18(26)13-17/h4-5,7-10,13H,6,11-12H2,1-3H3,(H,27,31)(H,29,30)/b28-20+. The Bertz CT molecular complexity index is 1240. The summed E-state index contributed by atoms with van der Waals surface area (Å²) in [6.07, 6.45) is 2.22. The normalized spacial score (nSPS) is 14.2. The molecule has 1 heterocycles. The molecule has 0 atom stereocenters. The SMILES string of the molecule is Cc1cccc(NC(=O)c2oc3c(c2C)/C(=N/NC(=O)c2cccc(Cl)c2)CCC3)c1C. The molecule has 1 aliphatic rings. The molecule has 0 unspecified atom stereocenters. The third-order valence-electron chi connectivity index (χ3n) is 5.76. The number of aryl methyl sites for hydroxylation is 2. The lowest BCUT2D eigenvalue weighted by molar-refractivity contribution is 0.0953. The molecule has 0 aliphatic heterocycles. The molecular weight excluding hydrogens is 426 g/mol. The molecule has 0 saturated carbocycles. The predicted molar refractivity (Wildman–Crippen MR) is 126 cm³/mol. The molecular formula is C25H24ClN3O3. The number of rotatable bonds is 4. The zero-order chi connectivity index (χ0) is 22.8. The Morgan fingerprint density at radius 1 is 1.00 bits per heavy atom. The van der Waals surface area contributed by atoms with Crippen LogP contribution in [0.1, 0.15) is 61.8 Å². The number of hydrazone groups is 1.